The Morgan fingerprint density at radius 2 is 1.65 bits per heavy atom. The standard InChI is InChI=1S/C33H34ClNOS.C6H15N.C2H4O2/c1-33(2,36)30-9-4-3-7-25(30)15-19-32(37-22-24-10-11-24)27-8-5-6-23(20-27)12-17-29-18-14-26-13-16-28(34)21-31(26)35-29;1-5(2)7-6(3)4;1-2(3)4/h3-9,12-14,16-18,20-21,24,32,36H,10-11,15,19,22H2,1-2H3;5-7H,1-4H3;1H3,(H,3,4)/t32-;;/m1../s1. The Morgan fingerprint density at radius 1 is 0.979 bits per heavy atom. The summed E-state index contributed by atoms with van der Waals surface area (Å²) in [6.45, 7) is 13.4. The van der Waals surface area contributed by atoms with E-state index in [0.717, 1.165) is 47.8 Å². The first-order valence-corrected chi connectivity index (χ1v) is 18.4. The summed E-state index contributed by atoms with van der Waals surface area (Å²) in [6.07, 6.45) is 8.96. The number of halogens is 1. The SMILES string of the molecule is CC(=O)O.CC(C)(O)c1ccccc1CC[C@@H](SCC1CC1)c1cccc(C=Cc2ccc3ccc(Cl)cc3n2)c1.CC(C)NC(C)C. The van der Waals surface area contributed by atoms with Crippen molar-refractivity contribution in [3.05, 3.63) is 112 Å². The molecule has 1 heterocycles. The van der Waals surface area contributed by atoms with Crippen LogP contribution in [0.15, 0.2) is 78.9 Å². The molecule has 258 valence electrons. The van der Waals surface area contributed by atoms with Gasteiger partial charge in [-0.2, -0.15) is 11.8 Å². The highest BCUT2D eigenvalue weighted by Crippen LogP contribution is 2.41. The molecule has 1 atom stereocenters. The van der Waals surface area contributed by atoms with Crippen LogP contribution >= 0.6 is 23.4 Å². The number of benzene rings is 3. The zero-order valence-corrected chi connectivity index (χ0v) is 31.1. The summed E-state index contributed by atoms with van der Waals surface area (Å²) in [5.41, 5.74) is 5.81. The second-order valence-electron chi connectivity index (χ2n) is 13.6. The van der Waals surface area contributed by atoms with Gasteiger partial charge in [-0.3, -0.25) is 4.79 Å². The van der Waals surface area contributed by atoms with E-state index in [1.54, 1.807) is 0 Å². The Balaban J connectivity index is 0.000000493. The number of fused-ring (bicyclic) bond motifs is 1. The van der Waals surface area contributed by atoms with Crippen LogP contribution in [0.1, 0.15) is 101 Å². The second kappa shape index (κ2) is 19.1. The summed E-state index contributed by atoms with van der Waals surface area (Å²) in [6, 6.07) is 28.4. The number of carboxylic acids is 1. The topological polar surface area (TPSA) is 82.5 Å². The maximum atomic E-state index is 10.7. The predicted molar refractivity (Wildman–Crippen MR) is 207 cm³/mol. The molecule has 0 saturated heterocycles. The number of nitrogens with one attached hydrogen (secondary N) is 1. The third-order valence-corrected chi connectivity index (χ3v) is 9.46. The number of nitrogens with zero attached hydrogens (tertiary/aromatic N) is 1. The van der Waals surface area contributed by atoms with Crippen LogP contribution in [-0.2, 0) is 16.8 Å². The van der Waals surface area contributed by atoms with E-state index in [1.165, 1.54) is 35.3 Å². The Labute approximate surface area is 297 Å². The van der Waals surface area contributed by atoms with E-state index in [4.69, 9.17) is 26.5 Å². The molecule has 3 N–H and O–H groups in total. The number of aryl methyl sites for hydroxylation is 1. The molecule has 0 radical (unpaired) electrons. The summed E-state index contributed by atoms with van der Waals surface area (Å²) in [7, 11) is 0. The zero-order chi connectivity index (χ0) is 35.3. The smallest absolute Gasteiger partial charge is 0.300 e. The molecule has 0 unspecified atom stereocenters. The summed E-state index contributed by atoms with van der Waals surface area (Å²) >= 11 is 8.26. The van der Waals surface area contributed by atoms with Gasteiger partial charge in [0.2, 0.25) is 0 Å². The lowest BCUT2D eigenvalue weighted by Crippen LogP contribution is -2.29. The number of rotatable bonds is 12. The first-order valence-electron chi connectivity index (χ1n) is 16.9. The quantitative estimate of drug-likeness (QED) is 0.137. The minimum Gasteiger partial charge on any atom is -0.481 e. The van der Waals surface area contributed by atoms with Crippen LogP contribution in [0.4, 0.5) is 0 Å². The van der Waals surface area contributed by atoms with Crippen LogP contribution < -0.4 is 5.32 Å². The molecule has 4 aromatic rings. The maximum Gasteiger partial charge on any atom is 0.300 e. The van der Waals surface area contributed by atoms with Crippen LogP contribution in [-0.4, -0.2) is 39.0 Å². The number of hydrogen-bond acceptors (Lipinski definition) is 5. The minimum absolute atomic E-state index is 0.421. The van der Waals surface area contributed by atoms with Crippen molar-refractivity contribution in [3.63, 3.8) is 0 Å². The third kappa shape index (κ3) is 14.5. The lowest BCUT2D eigenvalue weighted by atomic mass is 9.90. The normalized spacial score (nSPS) is 13.6. The molecular weight excluding hydrogens is 636 g/mol. The van der Waals surface area contributed by atoms with Crippen molar-refractivity contribution in [1.82, 2.24) is 10.3 Å². The Morgan fingerprint density at radius 3 is 2.27 bits per heavy atom. The van der Waals surface area contributed by atoms with E-state index >= 15 is 0 Å². The van der Waals surface area contributed by atoms with Crippen molar-refractivity contribution < 1.29 is 15.0 Å². The average molecular weight is 689 g/mol. The van der Waals surface area contributed by atoms with Gasteiger partial charge in [0.1, 0.15) is 0 Å². The van der Waals surface area contributed by atoms with Crippen molar-refractivity contribution in [2.45, 2.75) is 97.1 Å². The molecule has 1 saturated carbocycles. The summed E-state index contributed by atoms with van der Waals surface area (Å²) in [4.78, 5) is 13.8. The van der Waals surface area contributed by atoms with Crippen LogP contribution in [0.2, 0.25) is 5.02 Å². The van der Waals surface area contributed by atoms with E-state index in [2.05, 4.69) is 105 Å². The van der Waals surface area contributed by atoms with Crippen molar-refractivity contribution >= 4 is 52.4 Å². The molecule has 5 nitrogen and oxygen atoms in total. The van der Waals surface area contributed by atoms with E-state index in [-0.39, 0.29) is 0 Å². The third-order valence-electron chi connectivity index (χ3n) is 7.65. The van der Waals surface area contributed by atoms with E-state index in [0.29, 0.717) is 22.4 Å². The molecule has 48 heavy (non-hydrogen) atoms. The van der Waals surface area contributed by atoms with Gasteiger partial charge >= 0.3 is 0 Å². The highest BCUT2D eigenvalue weighted by atomic mass is 35.5. The molecule has 0 aliphatic heterocycles. The largest absolute Gasteiger partial charge is 0.481 e. The van der Waals surface area contributed by atoms with Gasteiger partial charge in [0, 0.05) is 34.7 Å². The van der Waals surface area contributed by atoms with Gasteiger partial charge in [0.15, 0.2) is 0 Å². The van der Waals surface area contributed by atoms with Crippen molar-refractivity contribution in [2.24, 2.45) is 5.92 Å². The van der Waals surface area contributed by atoms with Gasteiger partial charge in [-0.25, -0.2) is 4.98 Å². The lowest BCUT2D eigenvalue weighted by Gasteiger charge is -2.23. The highest BCUT2D eigenvalue weighted by molar-refractivity contribution is 7.99. The van der Waals surface area contributed by atoms with Crippen LogP contribution in [0.3, 0.4) is 0 Å². The minimum atomic E-state index is -0.833. The molecule has 0 bridgehead atoms. The average Bonchev–Trinajstić information content (AvgIpc) is 3.84. The Bertz CT molecular complexity index is 1620. The molecule has 7 heteroatoms. The van der Waals surface area contributed by atoms with Crippen LogP contribution in [0.25, 0.3) is 23.1 Å². The van der Waals surface area contributed by atoms with Crippen molar-refractivity contribution in [3.8, 4) is 0 Å². The highest BCUT2D eigenvalue weighted by Gasteiger charge is 2.25. The number of aliphatic hydroxyl groups is 1. The molecule has 0 amide bonds. The summed E-state index contributed by atoms with van der Waals surface area (Å²) in [5.74, 6) is 1.27. The molecule has 0 spiro atoms. The van der Waals surface area contributed by atoms with Gasteiger partial charge in [-0.1, -0.05) is 106 Å². The lowest BCUT2D eigenvalue weighted by molar-refractivity contribution is -0.134. The predicted octanol–water partition coefficient (Wildman–Crippen LogP) is 10.6. The van der Waals surface area contributed by atoms with Crippen LogP contribution in [0.5, 0.6) is 0 Å². The number of carbonyl (C=O) groups is 1. The monoisotopic (exact) mass is 688 g/mol. The number of thioether (sulfide) groups is 1. The fourth-order valence-corrected chi connectivity index (χ4v) is 7.04. The molecule has 1 aliphatic carbocycles. The van der Waals surface area contributed by atoms with Crippen LogP contribution in [0, 0.1) is 5.92 Å². The number of aromatic nitrogens is 1. The molecule has 1 fully saturated rings. The van der Waals surface area contributed by atoms with Crippen molar-refractivity contribution in [1.29, 1.82) is 0 Å². The molecule has 3 aromatic carbocycles. The van der Waals surface area contributed by atoms with Gasteiger partial charge in [-0.15, -0.1) is 0 Å². The number of aliphatic carboxylic acids is 1. The molecule has 5 rings (SSSR count). The molecule has 1 aliphatic rings. The fourth-order valence-electron chi connectivity index (χ4n) is 5.41. The van der Waals surface area contributed by atoms with E-state index in [1.807, 2.05) is 44.2 Å². The first kappa shape index (κ1) is 39.3. The van der Waals surface area contributed by atoms with Gasteiger partial charge in [0.05, 0.1) is 16.8 Å². The van der Waals surface area contributed by atoms with Crippen molar-refractivity contribution in [2.75, 3.05) is 5.75 Å². The van der Waals surface area contributed by atoms with Gasteiger partial charge in [-0.05, 0) is 97.7 Å². The Hall–Kier alpha value is -3.16. The molecular formula is C41H53ClN2O3S. The van der Waals surface area contributed by atoms with Gasteiger partial charge < -0.3 is 15.5 Å². The number of pyridine rings is 1. The number of hydrogen-bond donors (Lipinski definition) is 3. The zero-order valence-electron chi connectivity index (χ0n) is 29.5. The number of carboxylic acid groups (broad SMARTS) is 1. The van der Waals surface area contributed by atoms with E-state index in [9.17, 15) is 5.11 Å². The van der Waals surface area contributed by atoms with E-state index < -0.39 is 11.6 Å². The summed E-state index contributed by atoms with van der Waals surface area (Å²) in [5, 5.41) is 23.6. The maximum absolute atomic E-state index is 10.7. The fraction of sp³-hybridized carbons (Fsp3) is 0.415. The van der Waals surface area contributed by atoms with Gasteiger partial charge in [0.25, 0.3) is 5.97 Å². The Kier molecular flexibility index (Phi) is 15.7. The second-order valence-corrected chi connectivity index (χ2v) is 15.3. The summed E-state index contributed by atoms with van der Waals surface area (Å²) < 4.78 is 0. The molecule has 1 aromatic heterocycles. The first-order chi connectivity index (χ1) is 22.7.